The van der Waals surface area contributed by atoms with Gasteiger partial charge in [0.25, 0.3) is 6.01 Å². The van der Waals surface area contributed by atoms with Gasteiger partial charge in [0.05, 0.1) is 48.7 Å². The summed E-state index contributed by atoms with van der Waals surface area (Å²) in [6, 6.07) is 6.33. The van der Waals surface area contributed by atoms with Gasteiger partial charge in [-0.3, -0.25) is 0 Å². The fraction of sp³-hybridized carbons (Fsp3) is 0.389. The average molecular weight is 385 g/mol. The van der Waals surface area contributed by atoms with Crippen molar-refractivity contribution in [1.29, 1.82) is 0 Å². The molecule has 1 saturated heterocycles. The average Bonchev–Trinajstić information content (AvgIpc) is 3.28. The number of fused-ring (bicyclic) bond motifs is 4. The predicted octanol–water partition coefficient (Wildman–Crippen LogP) is 2.68. The molecule has 2 aliphatic rings. The van der Waals surface area contributed by atoms with E-state index in [-0.39, 0.29) is 12.1 Å². The van der Waals surface area contributed by atoms with Gasteiger partial charge >= 0.3 is 0 Å². The van der Waals surface area contributed by atoms with E-state index in [4.69, 9.17) is 19.6 Å². The van der Waals surface area contributed by atoms with Crippen molar-refractivity contribution in [3.05, 3.63) is 35.0 Å². The summed E-state index contributed by atoms with van der Waals surface area (Å²) in [5.41, 5.74) is 7.70. The number of anilines is 2. The molecule has 0 amide bonds. The summed E-state index contributed by atoms with van der Waals surface area (Å²) in [7, 11) is 0. The van der Waals surface area contributed by atoms with Crippen molar-refractivity contribution < 1.29 is 13.9 Å². The molecular formula is C18H19N5O3S. The van der Waals surface area contributed by atoms with Crippen LogP contribution in [0.1, 0.15) is 23.5 Å². The lowest BCUT2D eigenvalue weighted by Crippen LogP contribution is -2.51. The highest BCUT2D eigenvalue weighted by Crippen LogP contribution is 2.43. The van der Waals surface area contributed by atoms with Gasteiger partial charge in [-0.1, -0.05) is 17.4 Å². The molecule has 0 aliphatic carbocycles. The molecule has 0 unspecified atom stereocenters. The molecule has 9 heteroatoms. The fourth-order valence-electron chi connectivity index (χ4n) is 3.67. The van der Waals surface area contributed by atoms with Gasteiger partial charge < -0.3 is 24.5 Å². The van der Waals surface area contributed by atoms with E-state index >= 15 is 0 Å². The predicted molar refractivity (Wildman–Crippen MR) is 101 cm³/mol. The van der Waals surface area contributed by atoms with Gasteiger partial charge in [0.1, 0.15) is 5.69 Å². The van der Waals surface area contributed by atoms with Gasteiger partial charge in [0.15, 0.2) is 10.9 Å². The first-order valence-corrected chi connectivity index (χ1v) is 9.71. The number of hydrogen-bond donors (Lipinski definition) is 1. The molecule has 2 atom stereocenters. The summed E-state index contributed by atoms with van der Waals surface area (Å²) in [5.74, 6) is 1.18. The number of nitrogens with zero attached hydrogens (tertiary/aromatic N) is 4. The highest BCUT2D eigenvalue weighted by atomic mass is 32.1. The third-order valence-electron chi connectivity index (χ3n) is 4.77. The minimum absolute atomic E-state index is 0.0246. The first kappa shape index (κ1) is 16.5. The maximum atomic E-state index is 6.09. The van der Waals surface area contributed by atoms with Crippen LogP contribution in [0.2, 0.25) is 0 Å². The second-order valence-corrected chi connectivity index (χ2v) is 7.54. The molecule has 2 aliphatic heterocycles. The van der Waals surface area contributed by atoms with Crippen molar-refractivity contribution in [2.75, 3.05) is 30.5 Å². The normalized spacial score (nSPS) is 21.1. The SMILES string of the molecule is CCOc1cccc(-c2cnc(N3[C@@H]4COC[C@H]3c3sc(N)nc3C4)o2)n1. The summed E-state index contributed by atoms with van der Waals surface area (Å²) in [4.78, 5) is 16.8. The van der Waals surface area contributed by atoms with Crippen LogP contribution in [0.25, 0.3) is 11.5 Å². The third-order valence-corrected chi connectivity index (χ3v) is 5.80. The topological polar surface area (TPSA) is 99.5 Å². The number of aromatic nitrogens is 3. The number of pyridine rings is 1. The summed E-state index contributed by atoms with van der Waals surface area (Å²) in [5, 5.41) is 0.595. The zero-order valence-corrected chi connectivity index (χ0v) is 15.6. The standard InChI is InChI=1S/C18H19N5O3S/c1-2-25-15-5-3-4-11(21-15)14-7-20-18(26-14)23-10-6-12-16(27-17(19)22-12)13(23)9-24-8-10/h3-5,7,10,13H,2,6,8-9H2,1H3,(H2,19,22)/t10-,13-/m0/s1. The Hall–Kier alpha value is -2.65. The molecule has 0 aromatic carbocycles. The van der Waals surface area contributed by atoms with Crippen molar-refractivity contribution in [3.63, 3.8) is 0 Å². The second kappa shape index (κ2) is 6.50. The number of nitrogens with two attached hydrogens (primary N) is 1. The Bertz CT molecular complexity index is 972. The van der Waals surface area contributed by atoms with Crippen molar-refractivity contribution in [2.24, 2.45) is 0 Å². The summed E-state index contributed by atoms with van der Waals surface area (Å²) in [6.45, 7) is 3.68. The number of morpholine rings is 1. The number of rotatable bonds is 4. The van der Waals surface area contributed by atoms with E-state index < -0.39 is 0 Å². The molecular weight excluding hydrogens is 366 g/mol. The van der Waals surface area contributed by atoms with Gasteiger partial charge in [-0.15, -0.1) is 0 Å². The van der Waals surface area contributed by atoms with E-state index in [1.807, 2.05) is 25.1 Å². The van der Waals surface area contributed by atoms with E-state index in [0.717, 1.165) is 17.0 Å². The Labute approximate surface area is 160 Å². The maximum Gasteiger partial charge on any atom is 0.298 e. The monoisotopic (exact) mass is 385 g/mol. The number of thiazole rings is 1. The lowest BCUT2D eigenvalue weighted by molar-refractivity contribution is 0.0578. The third kappa shape index (κ3) is 2.83. The van der Waals surface area contributed by atoms with Crippen LogP contribution in [0.4, 0.5) is 11.1 Å². The van der Waals surface area contributed by atoms with E-state index in [1.165, 1.54) is 11.3 Å². The first-order chi connectivity index (χ1) is 13.2. The van der Waals surface area contributed by atoms with Crippen molar-refractivity contribution in [1.82, 2.24) is 15.0 Å². The Morgan fingerprint density at radius 2 is 2.26 bits per heavy atom. The minimum atomic E-state index is 0.0246. The molecule has 8 nitrogen and oxygen atoms in total. The lowest BCUT2D eigenvalue weighted by atomic mass is 9.97. The van der Waals surface area contributed by atoms with Crippen LogP contribution in [0.3, 0.4) is 0 Å². The maximum absolute atomic E-state index is 6.09. The Kier molecular flexibility index (Phi) is 3.98. The molecule has 0 radical (unpaired) electrons. The highest BCUT2D eigenvalue weighted by molar-refractivity contribution is 7.15. The quantitative estimate of drug-likeness (QED) is 0.732. The van der Waals surface area contributed by atoms with Gasteiger partial charge in [-0.25, -0.2) is 15.0 Å². The van der Waals surface area contributed by atoms with E-state index in [1.54, 1.807) is 6.20 Å². The minimum Gasteiger partial charge on any atom is -0.478 e. The molecule has 140 valence electrons. The van der Waals surface area contributed by atoms with E-state index in [2.05, 4.69) is 19.9 Å². The van der Waals surface area contributed by atoms with Gasteiger partial charge in [0.2, 0.25) is 5.88 Å². The molecule has 1 fully saturated rings. The summed E-state index contributed by atoms with van der Waals surface area (Å²) in [6.07, 6.45) is 2.48. The van der Waals surface area contributed by atoms with Gasteiger partial charge in [-0.05, 0) is 13.0 Å². The Morgan fingerprint density at radius 1 is 1.33 bits per heavy atom. The van der Waals surface area contributed by atoms with Crippen LogP contribution in [-0.4, -0.2) is 40.8 Å². The smallest absolute Gasteiger partial charge is 0.298 e. The lowest BCUT2D eigenvalue weighted by Gasteiger charge is -2.43. The molecule has 0 saturated carbocycles. The molecule has 5 heterocycles. The van der Waals surface area contributed by atoms with Crippen LogP contribution >= 0.6 is 11.3 Å². The Morgan fingerprint density at radius 3 is 3.15 bits per heavy atom. The molecule has 3 aromatic rings. The van der Waals surface area contributed by atoms with E-state index in [9.17, 15) is 0 Å². The van der Waals surface area contributed by atoms with Crippen LogP contribution in [0, 0.1) is 0 Å². The van der Waals surface area contributed by atoms with Crippen LogP contribution in [-0.2, 0) is 11.2 Å². The molecule has 5 rings (SSSR count). The summed E-state index contributed by atoms with van der Waals surface area (Å²) >= 11 is 1.51. The van der Waals surface area contributed by atoms with Crippen molar-refractivity contribution in [3.8, 4) is 17.3 Å². The largest absolute Gasteiger partial charge is 0.478 e. The number of nitrogen functional groups attached to an aromatic ring is 1. The van der Waals surface area contributed by atoms with Crippen molar-refractivity contribution in [2.45, 2.75) is 25.4 Å². The number of oxazole rings is 1. The van der Waals surface area contributed by atoms with Crippen molar-refractivity contribution >= 4 is 22.5 Å². The number of hydrogen-bond acceptors (Lipinski definition) is 9. The number of ether oxygens (including phenoxy) is 2. The molecule has 27 heavy (non-hydrogen) atoms. The second-order valence-electron chi connectivity index (χ2n) is 6.48. The van der Waals surface area contributed by atoms with E-state index in [0.29, 0.717) is 48.3 Å². The van der Waals surface area contributed by atoms with Crippen LogP contribution < -0.4 is 15.4 Å². The zero-order chi connectivity index (χ0) is 18.4. The molecule has 0 spiro atoms. The molecule has 2 bridgehead atoms. The van der Waals surface area contributed by atoms with Crippen LogP contribution in [0.5, 0.6) is 5.88 Å². The van der Waals surface area contributed by atoms with Crippen LogP contribution in [0.15, 0.2) is 28.8 Å². The molecule has 3 aromatic heterocycles. The fourth-order valence-corrected chi connectivity index (χ4v) is 4.62. The first-order valence-electron chi connectivity index (χ1n) is 8.90. The van der Waals surface area contributed by atoms with Gasteiger partial charge in [-0.2, -0.15) is 0 Å². The highest BCUT2D eigenvalue weighted by Gasteiger charge is 2.42. The molecule has 2 N–H and O–H groups in total. The van der Waals surface area contributed by atoms with Gasteiger partial charge in [0, 0.05) is 12.5 Å². The zero-order valence-electron chi connectivity index (χ0n) is 14.8. The summed E-state index contributed by atoms with van der Waals surface area (Å²) < 4.78 is 17.4. The Balaban J connectivity index is 1.48.